The second-order valence-electron chi connectivity index (χ2n) is 4.94. The Hall–Kier alpha value is -2.20. The van der Waals surface area contributed by atoms with E-state index in [1.54, 1.807) is 25.1 Å². The molecule has 0 N–H and O–H groups in total. The third kappa shape index (κ3) is 3.96. The number of rotatable bonds is 3. The zero-order valence-corrected chi connectivity index (χ0v) is 13.9. The van der Waals surface area contributed by atoms with Gasteiger partial charge in [0.05, 0.1) is 21.7 Å². The lowest BCUT2D eigenvalue weighted by molar-refractivity contribution is -0.137. The van der Waals surface area contributed by atoms with Crippen LogP contribution in [-0.2, 0) is 6.18 Å². The molecule has 0 aliphatic carbocycles. The summed E-state index contributed by atoms with van der Waals surface area (Å²) in [6.07, 6.45) is -3.05. The van der Waals surface area contributed by atoms with Crippen LogP contribution in [0.3, 0.4) is 0 Å². The first-order valence-corrected chi connectivity index (χ1v) is 7.27. The van der Waals surface area contributed by atoms with Crippen LogP contribution in [0.5, 0.6) is 0 Å². The summed E-state index contributed by atoms with van der Waals surface area (Å²) in [4.78, 5) is 1.73. The summed E-state index contributed by atoms with van der Waals surface area (Å²) in [5, 5.41) is 9.26. The summed E-state index contributed by atoms with van der Waals surface area (Å²) < 4.78 is 44.6. The Morgan fingerprint density at radius 3 is 2.52 bits per heavy atom. The molecule has 1 heterocycles. The van der Waals surface area contributed by atoms with Gasteiger partial charge < -0.3 is 9.32 Å². The van der Waals surface area contributed by atoms with E-state index in [1.807, 2.05) is 6.07 Å². The molecule has 3 nitrogen and oxygen atoms in total. The van der Waals surface area contributed by atoms with Crippen LogP contribution >= 0.6 is 15.9 Å². The minimum absolute atomic E-state index is 0.0858. The average molecular weight is 385 g/mol. The number of benzene rings is 1. The first kappa shape index (κ1) is 17.2. The largest absolute Gasteiger partial charge is 0.440 e. The molecule has 1 aromatic heterocycles. The number of nitrogens with zero attached hydrogens (tertiary/aromatic N) is 2. The van der Waals surface area contributed by atoms with E-state index >= 15 is 0 Å². The van der Waals surface area contributed by atoms with Crippen LogP contribution in [0.2, 0.25) is 0 Å². The van der Waals surface area contributed by atoms with Crippen LogP contribution in [0.15, 0.2) is 39.2 Å². The van der Waals surface area contributed by atoms with Crippen molar-refractivity contribution in [1.82, 2.24) is 0 Å². The molecule has 0 atom stereocenters. The van der Waals surface area contributed by atoms with E-state index in [-0.39, 0.29) is 11.1 Å². The number of anilines is 1. The van der Waals surface area contributed by atoms with Crippen LogP contribution in [-0.4, -0.2) is 14.1 Å². The van der Waals surface area contributed by atoms with Crippen molar-refractivity contribution in [2.24, 2.45) is 0 Å². The van der Waals surface area contributed by atoms with Crippen LogP contribution in [0.4, 0.5) is 19.1 Å². The van der Waals surface area contributed by atoms with Gasteiger partial charge in [0.25, 0.3) is 0 Å². The molecule has 0 saturated carbocycles. The molecular weight excluding hydrogens is 373 g/mol. The average Bonchev–Trinajstić information content (AvgIpc) is 2.85. The molecule has 7 heteroatoms. The molecule has 0 saturated heterocycles. The molecule has 0 amide bonds. The van der Waals surface area contributed by atoms with Crippen molar-refractivity contribution < 1.29 is 17.6 Å². The predicted molar refractivity (Wildman–Crippen MR) is 85.7 cm³/mol. The third-order valence-electron chi connectivity index (χ3n) is 3.00. The van der Waals surface area contributed by atoms with Crippen LogP contribution in [0, 0.1) is 11.3 Å². The van der Waals surface area contributed by atoms with E-state index in [0.29, 0.717) is 16.1 Å². The monoisotopic (exact) mass is 384 g/mol. The number of hydrogen-bond acceptors (Lipinski definition) is 3. The topological polar surface area (TPSA) is 40.2 Å². The van der Waals surface area contributed by atoms with Crippen molar-refractivity contribution in [2.75, 3.05) is 19.0 Å². The second kappa shape index (κ2) is 6.50. The first-order chi connectivity index (χ1) is 10.7. The molecule has 0 fully saturated rings. The molecule has 0 bridgehead atoms. The maximum Gasteiger partial charge on any atom is 0.416 e. The van der Waals surface area contributed by atoms with E-state index in [9.17, 15) is 18.4 Å². The van der Waals surface area contributed by atoms with Crippen molar-refractivity contribution in [1.29, 1.82) is 5.26 Å². The molecule has 2 rings (SSSR count). The highest BCUT2D eigenvalue weighted by atomic mass is 79.9. The van der Waals surface area contributed by atoms with Gasteiger partial charge in [0, 0.05) is 20.2 Å². The van der Waals surface area contributed by atoms with E-state index in [0.717, 1.165) is 12.1 Å². The van der Waals surface area contributed by atoms with Gasteiger partial charge in [0.15, 0.2) is 0 Å². The van der Waals surface area contributed by atoms with E-state index < -0.39 is 11.7 Å². The lowest BCUT2D eigenvalue weighted by Gasteiger charge is -2.08. The maximum atomic E-state index is 12.8. The van der Waals surface area contributed by atoms with Gasteiger partial charge in [-0.3, -0.25) is 0 Å². The Kier molecular flexibility index (Phi) is 4.85. The molecule has 23 heavy (non-hydrogen) atoms. The molecule has 0 aliphatic rings. The minimum atomic E-state index is -4.46. The van der Waals surface area contributed by atoms with E-state index in [2.05, 4.69) is 15.9 Å². The highest BCUT2D eigenvalue weighted by Crippen LogP contribution is 2.33. The van der Waals surface area contributed by atoms with E-state index in [1.165, 1.54) is 18.2 Å². The lowest BCUT2D eigenvalue weighted by Crippen LogP contribution is -2.07. The summed E-state index contributed by atoms with van der Waals surface area (Å²) >= 11 is 3.33. The van der Waals surface area contributed by atoms with Gasteiger partial charge in [-0.1, -0.05) is 12.1 Å². The Balaban J connectivity index is 2.44. The summed E-state index contributed by atoms with van der Waals surface area (Å²) in [7, 11) is 3.57. The molecule has 0 aliphatic heterocycles. The van der Waals surface area contributed by atoms with Crippen LogP contribution in [0.25, 0.3) is 11.6 Å². The van der Waals surface area contributed by atoms with Gasteiger partial charge in [-0.05, 0) is 39.7 Å². The lowest BCUT2D eigenvalue weighted by atomic mass is 10.0. The SMILES string of the molecule is CN(C)c1oc(/C=C(/C#N)c2cccc(C(F)(F)F)c2)cc1Br. The molecular formula is C16H12BrF3N2O. The molecule has 1 aromatic carbocycles. The first-order valence-electron chi connectivity index (χ1n) is 6.48. The fourth-order valence-electron chi connectivity index (χ4n) is 1.94. The van der Waals surface area contributed by atoms with Gasteiger partial charge in [0.1, 0.15) is 5.76 Å². The maximum absolute atomic E-state index is 12.8. The van der Waals surface area contributed by atoms with Gasteiger partial charge in [0.2, 0.25) is 5.88 Å². The van der Waals surface area contributed by atoms with Crippen LogP contribution < -0.4 is 4.90 Å². The quantitative estimate of drug-likeness (QED) is 0.683. The van der Waals surface area contributed by atoms with Crippen molar-refractivity contribution in [3.05, 3.63) is 51.7 Å². The normalized spacial score (nSPS) is 12.1. The number of halogens is 4. The van der Waals surface area contributed by atoms with Crippen LogP contribution in [0.1, 0.15) is 16.9 Å². The highest BCUT2D eigenvalue weighted by Gasteiger charge is 2.30. The number of allylic oxidation sites excluding steroid dienone is 1. The number of furan rings is 1. The second-order valence-corrected chi connectivity index (χ2v) is 5.80. The molecule has 0 unspecified atom stereocenters. The van der Waals surface area contributed by atoms with Crippen molar-refractivity contribution in [2.45, 2.75) is 6.18 Å². The molecule has 0 spiro atoms. The Morgan fingerprint density at radius 2 is 2.00 bits per heavy atom. The third-order valence-corrected chi connectivity index (χ3v) is 3.57. The van der Waals surface area contributed by atoms with Crippen molar-refractivity contribution >= 4 is 33.5 Å². The number of nitriles is 1. The summed E-state index contributed by atoms with van der Waals surface area (Å²) in [5.41, 5.74) is -0.533. The highest BCUT2D eigenvalue weighted by molar-refractivity contribution is 9.10. The Labute approximate surface area is 139 Å². The summed E-state index contributed by atoms with van der Waals surface area (Å²) in [6, 6.07) is 8.19. The fourth-order valence-corrected chi connectivity index (χ4v) is 2.60. The molecule has 2 aromatic rings. The summed E-state index contributed by atoms with van der Waals surface area (Å²) in [5.74, 6) is 0.923. The van der Waals surface area contributed by atoms with Gasteiger partial charge >= 0.3 is 6.18 Å². The predicted octanol–water partition coefficient (Wildman–Crippen LogP) is 5.19. The molecule has 120 valence electrons. The van der Waals surface area contributed by atoms with Crippen molar-refractivity contribution in [3.63, 3.8) is 0 Å². The van der Waals surface area contributed by atoms with Gasteiger partial charge in [-0.2, -0.15) is 18.4 Å². The zero-order chi connectivity index (χ0) is 17.2. The number of alkyl halides is 3. The Bertz CT molecular complexity index is 785. The zero-order valence-electron chi connectivity index (χ0n) is 12.3. The van der Waals surface area contributed by atoms with E-state index in [4.69, 9.17) is 4.42 Å². The van der Waals surface area contributed by atoms with Crippen molar-refractivity contribution in [3.8, 4) is 6.07 Å². The smallest absolute Gasteiger partial charge is 0.416 e. The minimum Gasteiger partial charge on any atom is -0.440 e. The number of hydrogen-bond donors (Lipinski definition) is 0. The fraction of sp³-hybridized carbons (Fsp3) is 0.188. The molecule has 0 radical (unpaired) electrons. The standard InChI is InChI=1S/C16H12BrF3N2O/c1-22(2)15-14(17)8-13(23-15)7-11(9-21)10-4-3-5-12(6-10)16(18,19)20/h3-8H,1-2H3/b11-7-. The Morgan fingerprint density at radius 1 is 1.30 bits per heavy atom. The van der Waals surface area contributed by atoms with Gasteiger partial charge in [-0.25, -0.2) is 0 Å². The summed E-state index contributed by atoms with van der Waals surface area (Å²) in [6.45, 7) is 0. The van der Waals surface area contributed by atoms with Gasteiger partial charge in [-0.15, -0.1) is 0 Å².